The summed E-state index contributed by atoms with van der Waals surface area (Å²) < 4.78 is 2.92. The van der Waals surface area contributed by atoms with Gasteiger partial charge in [0.25, 0.3) is 0 Å². The number of hydrogen-bond donors (Lipinski definition) is 1. The highest BCUT2D eigenvalue weighted by Gasteiger charge is 2.20. The van der Waals surface area contributed by atoms with Crippen LogP contribution in [0, 0.1) is 0 Å². The Morgan fingerprint density at radius 2 is 1.85 bits per heavy atom. The van der Waals surface area contributed by atoms with Crippen LogP contribution in [0.3, 0.4) is 0 Å². The number of rotatable bonds is 2. The van der Waals surface area contributed by atoms with Crippen molar-refractivity contribution in [2.75, 3.05) is 41.7 Å². The highest BCUT2D eigenvalue weighted by atomic mass is 32.1. The van der Waals surface area contributed by atoms with Gasteiger partial charge in [0.1, 0.15) is 12.1 Å². The minimum Gasteiger partial charge on any atom is -0.369 e. The van der Waals surface area contributed by atoms with Crippen LogP contribution in [0.15, 0.2) is 36.7 Å². The second-order valence-electron chi connectivity index (χ2n) is 6.32. The molecule has 132 valence electrons. The molecule has 26 heavy (non-hydrogen) atoms. The Bertz CT molecular complexity index is 1040. The molecule has 8 nitrogen and oxygen atoms in total. The van der Waals surface area contributed by atoms with Gasteiger partial charge >= 0.3 is 0 Å². The first kappa shape index (κ1) is 15.3. The van der Waals surface area contributed by atoms with E-state index >= 15 is 0 Å². The molecule has 1 aromatic carbocycles. The van der Waals surface area contributed by atoms with E-state index in [9.17, 15) is 0 Å². The molecule has 0 saturated carbocycles. The van der Waals surface area contributed by atoms with Gasteiger partial charge in [-0.25, -0.2) is 4.98 Å². The number of thiazole rings is 1. The number of benzene rings is 1. The summed E-state index contributed by atoms with van der Waals surface area (Å²) in [6.45, 7) is 3.68. The summed E-state index contributed by atoms with van der Waals surface area (Å²) in [6, 6.07) is 10.2. The number of nitrogen functional groups attached to an aromatic ring is 1. The maximum Gasteiger partial charge on any atom is 0.209 e. The van der Waals surface area contributed by atoms with E-state index in [1.165, 1.54) is 4.70 Å². The number of fused-ring (bicyclic) bond motifs is 2. The zero-order valence-corrected chi connectivity index (χ0v) is 14.9. The van der Waals surface area contributed by atoms with Gasteiger partial charge in [-0.05, 0) is 18.6 Å². The molecule has 4 heterocycles. The molecule has 1 fully saturated rings. The number of anilines is 3. The molecule has 5 rings (SSSR count). The minimum atomic E-state index is 0.412. The van der Waals surface area contributed by atoms with Gasteiger partial charge in [0.05, 0.1) is 10.2 Å². The van der Waals surface area contributed by atoms with Crippen LogP contribution in [-0.2, 0) is 0 Å². The van der Waals surface area contributed by atoms with Crippen molar-refractivity contribution in [3.63, 3.8) is 0 Å². The quantitative estimate of drug-likeness (QED) is 0.581. The van der Waals surface area contributed by atoms with Crippen molar-refractivity contribution in [2.24, 2.45) is 0 Å². The monoisotopic (exact) mass is 366 g/mol. The standard InChI is InChI=1S/C17H18N8S/c18-16-21-14(10-15-22-19-11-25(15)16)23-6-3-7-24(9-8-23)17-20-12-4-1-2-5-13(12)26-17/h1-2,4-5,10-11H,3,6-9H2,(H2,18,21). The first-order valence-electron chi connectivity index (χ1n) is 8.60. The SMILES string of the molecule is Nc1nc(N2CCCN(c3nc4ccccc4s3)CC2)cc2nncn12. The summed E-state index contributed by atoms with van der Waals surface area (Å²) in [5.41, 5.74) is 7.83. The lowest BCUT2D eigenvalue weighted by Gasteiger charge is -2.22. The Morgan fingerprint density at radius 1 is 1.00 bits per heavy atom. The highest BCUT2D eigenvalue weighted by molar-refractivity contribution is 7.22. The smallest absolute Gasteiger partial charge is 0.209 e. The van der Waals surface area contributed by atoms with Crippen molar-refractivity contribution >= 4 is 44.1 Å². The molecular formula is C17H18N8S. The van der Waals surface area contributed by atoms with Crippen molar-refractivity contribution in [1.82, 2.24) is 24.6 Å². The molecule has 0 atom stereocenters. The van der Waals surface area contributed by atoms with E-state index in [1.54, 1.807) is 22.1 Å². The molecule has 0 spiro atoms. The van der Waals surface area contributed by atoms with E-state index in [1.807, 2.05) is 12.1 Å². The van der Waals surface area contributed by atoms with Gasteiger partial charge < -0.3 is 15.5 Å². The third-order valence-corrected chi connectivity index (χ3v) is 5.78. The Balaban J connectivity index is 1.39. The number of nitrogens with zero attached hydrogens (tertiary/aromatic N) is 7. The number of aromatic nitrogens is 5. The van der Waals surface area contributed by atoms with Crippen LogP contribution in [0.2, 0.25) is 0 Å². The van der Waals surface area contributed by atoms with Gasteiger partial charge in [0.15, 0.2) is 10.8 Å². The number of para-hydroxylation sites is 1. The summed E-state index contributed by atoms with van der Waals surface area (Å²) in [4.78, 5) is 13.9. The molecule has 0 amide bonds. The van der Waals surface area contributed by atoms with Crippen LogP contribution >= 0.6 is 11.3 Å². The Labute approximate surface area is 153 Å². The summed E-state index contributed by atoms with van der Waals surface area (Å²) in [5, 5.41) is 9.08. The van der Waals surface area contributed by atoms with E-state index in [0.717, 1.165) is 54.7 Å². The van der Waals surface area contributed by atoms with E-state index in [-0.39, 0.29) is 0 Å². The summed E-state index contributed by atoms with van der Waals surface area (Å²) in [5.74, 6) is 1.27. The van der Waals surface area contributed by atoms with Crippen LogP contribution in [0.1, 0.15) is 6.42 Å². The zero-order chi connectivity index (χ0) is 17.5. The number of nitrogens with two attached hydrogens (primary N) is 1. The highest BCUT2D eigenvalue weighted by Crippen LogP contribution is 2.29. The van der Waals surface area contributed by atoms with E-state index < -0.39 is 0 Å². The largest absolute Gasteiger partial charge is 0.369 e. The molecule has 2 N–H and O–H groups in total. The fraction of sp³-hybridized carbons (Fsp3) is 0.294. The van der Waals surface area contributed by atoms with Crippen LogP contribution in [0.4, 0.5) is 16.9 Å². The predicted molar refractivity (Wildman–Crippen MR) is 104 cm³/mol. The van der Waals surface area contributed by atoms with Gasteiger partial charge in [-0.2, -0.15) is 4.98 Å². The van der Waals surface area contributed by atoms with E-state index in [4.69, 9.17) is 10.7 Å². The predicted octanol–water partition coefficient (Wildman–Crippen LogP) is 2.03. The summed E-state index contributed by atoms with van der Waals surface area (Å²) >= 11 is 1.75. The first-order chi connectivity index (χ1) is 12.8. The van der Waals surface area contributed by atoms with Gasteiger partial charge in [-0.1, -0.05) is 23.5 Å². The molecule has 0 aliphatic carbocycles. The van der Waals surface area contributed by atoms with Crippen molar-refractivity contribution in [3.05, 3.63) is 36.7 Å². The van der Waals surface area contributed by atoms with Crippen molar-refractivity contribution in [3.8, 4) is 0 Å². The molecular weight excluding hydrogens is 348 g/mol. The van der Waals surface area contributed by atoms with Crippen molar-refractivity contribution in [2.45, 2.75) is 6.42 Å². The Hall–Kier alpha value is -2.94. The zero-order valence-electron chi connectivity index (χ0n) is 14.1. The van der Waals surface area contributed by atoms with Gasteiger partial charge in [-0.15, -0.1) is 10.2 Å². The van der Waals surface area contributed by atoms with Gasteiger partial charge in [0, 0.05) is 32.2 Å². The van der Waals surface area contributed by atoms with E-state index in [2.05, 4.69) is 43.2 Å². The topological polar surface area (TPSA) is 88.5 Å². The fourth-order valence-electron chi connectivity index (χ4n) is 3.33. The second kappa shape index (κ2) is 6.10. The molecule has 9 heteroatoms. The molecule has 0 radical (unpaired) electrons. The van der Waals surface area contributed by atoms with Crippen LogP contribution in [0.5, 0.6) is 0 Å². The van der Waals surface area contributed by atoms with Crippen LogP contribution in [0.25, 0.3) is 15.9 Å². The summed E-state index contributed by atoms with van der Waals surface area (Å²) in [7, 11) is 0. The third-order valence-electron chi connectivity index (χ3n) is 4.68. The maximum absolute atomic E-state index is 6.04. The minimum absolute atomic E-state index is 0.412. The molecule has 0 unspecified atom stereocenters. The average Bonchev–Trinajstić information content (AvgIpc) is 3.22. The maximum atomic E-state index is 6.04. The van der Waals surface area contributed by atoms with E-state index in [0.29, 0.717) is 5.95 Å². The first-order valence-corrected chi connectivity index (χ1v) is 9.41. The molecule has 4 aromatic rings. The third kappa shape index (κ3) is 2.60. The summed E-state index contributed by atoms with van der Waals surface area (Å²) in [6.07, 6.45) is 2.62. The normalized spacial score (nSPS) is 15.7. The molecule has 0 bridgehead atoms. The lowest BCUT2D eigenvalue weighted by atomic mass is 10.3. The molecule has 3 aromatic heterocycles. The fourth-order valence-corrected chi connectivity index (χ4v) is 4.35. The second-order valence-corrected chi connectivity index (χ2v) is 7.33. The Kier molecular flexibility index (Phi) is 3.59. The number of hydrogen-bond acceptors (Lipinski definition) is 8. The van der Waals surface area contributed by atoms with Crippen LogP contribution < -0.4 is 15.5 Å². The van der Waals surface area contributed by atoms with Crippen molar-refractivity contribution in [1.29, 1.82) is 0 Å². The van der Waals surface area contributed by atoms with Crippen LogP contribution in [-0.4, -0.2) is 50.7 Å². The molecule has 1 aliphatic heterocycles. The van der Waals surface area contributed by atoms with Crippen molar-refractivity contribution < 1.29 is 0 Å². The Morgan fingerprint density at radius 3 is 2.77 bits per heavy atom. The molecule has 1 saturated heterocycles. The lowest BCUT2D eigenvalue weighted by Crippen LogP contribution is -2.31. The van der Waals surface area contributed by atoms with Gasteiger partial charge in [0.2, 0.25) is 5.95 Å². The van der Waals surface area contributed by atoms with Gasteiger partial charge in [-0.3, -0.25) is 4.40 Å². The lowest BCUT2D eigenvalue weighted by molar-refractivity contribution is 0.796. The average molecular weight is 366 g/mol. The molecule has 1 aliphatic rings.